The molecule has 0 spiro atoms. The van der Waals surface area contributed by atoms with Crippen molar-refractivity contribution in [1.82, 2.24) is 0 Å². The van der Waals surface area contributed by atoms with Crippen molar-refractivity contribution in [2.24, 2.45) is 11.7 Å². The number of rotatable bonds is 7. The highest BCUT2D eigenvalue weighted by atomic mass is 16.5. The summed E-state index contributed by atoms with van der Waals surface area (Å²) in [6, 6.07) is 7.40. The van der Waals surface area contributed by atoms with Gasteiger partial charge in [-0.3, -0.25) is 4.79 Å². The molecule has 0 amide bonds. The Morgan fingerprint density at radius 3 is 2.76 bits per heavy atom. The summed E-state index contributed by atoms with van der Waals surface area (Å²) >= 11 is 0. The molecule has 1 aromatic carbocycles. The zero-order valence-electron chi connectivity index (χ0n) is 10.6. The van der Waals surface area contributed by atoms with Gasteiger partial charge in [0.25, 0.3) is 0 Å². The molecular weight excluding hydrogens is 214 g/mol. The SMILES string of the molecule is CCCOc1ccccc1C(=O)CC(C)CN. The van der Waals surface area contributed by atoms with Gasteiger partial charge in [0, 0.05) is 6.42 Å². The first kappa shape index (κ1) is 13.7. The second-order valence-corrected chi connectivity index (χ2v) is 4.31. The zero-order valence-corrected chi connectivity index (χ0v) is 10.6. The first-order valence-corrected chi connectivity index (χ1v) is 6.14. The van der Waals surface area contributed by atoms with Crippen LogP contribution in [-0.2, 0) is 0 Å². The van der Waals surface area contributed by atoms with Crippen LogP contribution in [0.5, 0.6) is 5.75 Å². The molecule has 1 unspecified atom stereocenters. The van der Waals surface area contributed by atoms with Crippen LogP contribution in [0.4, 0.5) is 0 Å². The Morgan fingerprint density at radius 1 is 1.41 bits per heavy atom. The van der Waals surface area contributed by atoms with Gasteiger partial charge in [-0.05, 0) is 31.0 Å². The van der Waals surface area contributed by atoms with Gasteiger partial charge < -0.3 is 10.5 Å². The zero-order chi connectivity index (χ0) is 12.7. The fourth-order valence-corrected chi connectivity index (χ4v) is 1.54. The van der Waals surface area contributed by atoms with Crippen LogP contribution in [0.1, 0.15) is 37.0 Å². The van der Waals surface area contributed by atoms with Gasteiger partial charge >= 0.3 is 0 Å². The monoisotopic (exact) mass is 235 g/mol. The van der Waals surface area contributed by atoms with E-state index < -0.39 is 0 Å². The Morgan fingerprint density at radius 2 is 2.12 bits per heavy atom. The molecule has 1 atom stereocenters. The van der Waals surface area contributed by atoms with E-state index in [-0.39, 0.29) is 11.7 Å². The lowest BCUT2D eigenvalue weighted by Crippen LogP contribution is -2.15. The number of hydrogen-bond donors (Lipinski definition) is 1. The smallest absolute Gasteiger partial charge is 0.166 e. The van der Waals surface area contributed by atoms with Crippen molar-refractivity contribution in [2.45, 2.75) is 26.7 Å². The molecule has 0 aliphatic rings. The third-order valence-electron chi connectivity index (χ3n) is 2.59. The van der Waals surface area contributed by atoms with Crippen molar-refractivity contribution in [2.75, 3.05) is 13.2 Å². The third kappa shape index (κ3) is 4.19. The Labute approximate surface area is 103 Å². The van der Waals surface area contributed by atoms with E-state index in [9.17, 15) is 4.79 Å². The number of Topliss-reactive ketones (excluding diaryl/α,β-unsaturated/α-hetero) is 1. The summed E-state index contributed by atoms with van der Waals surface area (Å²) in [5.41, 5.74) is 6.20. The van der Waals surface area contributed by atoms with Crippen LogP contribution in [0.2, 0.25) is 0 Å². The first-order chi connectivity index (χ1) is 8.19. The van der Waals surface area contributed by atoms with Gasteiger partial charge in [0.15, 0.2) is 5.78 Å². The van der Waals surface area contributed by atoms with E-state index in [2.05, 4.69) is 0 Å². The Hall–Kier alpha value is -1.35. The van der Waals surface area contributed by atoms with Crippen LogP contribution in [0, 0.1) is 5.92 Å². The molecule has 0 saturated heterocycles. The van der Waals surface area contributed by atoms with E-state index >= 15 is 0 Å². The summed E-state index contributed by atoms with van der Waals surface area (Å²) in [4.78, 5) is 12.1. The lowest BCUT2D eigenvalue weighted by Gasteiger charge is -2.11. The molecule has 3 nitrogen and oxygen atoms in total. The molecule has 1 rings (SSSR count). The van der Waals surface area contributed by atoms with E-state index in [0.717, 1.165) is 6.42 Å². The number of carbonyl (C=O) groups is 1. The van der Waals surface area contributed by atoms with Crippen LogP contribution in [-0.4, -0.2) is 18.9 Å². The highest BCUT2D eigenvalue weighted by Crippen LogP contribution is 2.21. The van der Waals surface area contributed by atoms with E-state index in [1.54, 1.807) is 0 Å². The van der Waals surface area contributed by atoms with E-state index in [4.69, 9.17) is 10.5 Å². The second kappa shape index (κ2) is 7.07. The number of para-hydroxylation sites is 1. The topological polar surface area (TPSA) is 52.3 Å². The molecule has 1 aromatic rings. The van der Waals surface area contributed by atoms with Gasteiger partial charge in [0.2, 0.25) is 0 Å². The van der Waals surface area contributed by atoms with Crippen LogP contribution < -0.4 is 10.5 Å². The minimum absolute atomic E-state index is 0.106. The lowest BCUT2D eigenvalue weighted by molar-refractivity contribution is 0.0962. The second-order valence-electron chi connectivity index (χ2n) is 4.31. The quantitative estimate of drug-likeness (QED) is 0.739. The fraction of sp³-hybridized carbons (Fsp3) is 0.500. The minimum atomic E-state index is 0.106. The number of benzene rings is 1. The Balaban J connectivity index is 2.77. The maximum absolute atomic E-state index is 12.1. The summed E-state index contributed by atoms with van der Waals surface area (Å²) in [7, 11) is 0. The molecule has 0 bridgehead atoms. The number of ether oxygens (including phenoxy) is 1. The number of hydrogen-bond acceptors (Lipinski definition) is 3. The van der Waals surface area contributed by atoms with Gasteiger partial charge in [-0.25, -0.2) is 0 Å². The molecule has 0 fully saturated rings. The summed E-state index contributed by atoms with van der Waals surface area (Å²) in [6.07, 6.45) is 1.41. The lowest BCUT2D eigenvalue weighted by atomic mass is 9.99. The summed E-state index contributed by atoms with van der Waals surface area (Å²) in [5.74, 6) is 1.000. The number of ketones is 1. The standard InChI is InChI=1S/C14H21NO2/c1-3-8-17-14-7-5-4-6-12(14)13(16)9-11(2)10-15/h4-7,11H,3,8-10,15H2,1-2H3. The molecule has 0 aromatic heterocycles. The van der Waals surface area contributed by atoms with Gasteiger partial charge in [-0.1, -0.05) is 26.0 Å². The molecule has 0 aliphatic carbocycles. The average Bonchev–Trinajstić information content (AvgIpc) is 2.36. The van der Waals surface area contributed by atoms with Crippen molar-refractivity contribution in [3.05, 3.63) is 29.8 Å². The highest BCUT2D eigenvalue weighted by Gasteiger charge is 2.14. The first-order valence-electron chi connectivity index (χ1n) is 6.14. The third-order valence-corrected chi connectivity index (χ3v) is 2.59. The Kier molecular flexibility index (Phi) is 5.70. The molecule has 0 aliphatic heterocycles. The van der Waals surface area contributed by atoms with Crippen LogP contribution in [0.3, 0.4) is 0 Å². The van der Waals surface area contributed by atoms with Crippen molar-refractivity contribution in [1.29, 1.82) is 0 Å². The molecule has 94 valence electrons. The number of carbonyl (C=O) groups excluding carboxylic acids is 1. The Bertz CT molecular complexity index is 363. The molecule has 0 radical (unpaired) electrons. The molecule has 2 N–H and O–H groups in total. The van der Waals surface area contributed by atoms with Crippen LogP contribution in [0.15, 0.2) is 24.3 Å². The molecule has 0 heterocycles. The van der Waals surface area contributed by atoms with Crippen molar-refractivity contribution in [3.63, 3.8) is 0 Å². The van der Waals surface area contributed by atoms with E-state index in [0.29, 0.717) is 30.9 Å². The fourth-order valence-electron chi connectivity index (χ4n) is 1.54. The average molecular weight is 235 g/mol. The van der Waals surface area contributed by atoms with Gasteiger partial charge in [-0.15, -0.1) is 0 Å². The normalized spacial score (nSPS) is 12.2. The molecular formula is C14H21NO2. The molecule has 17 heavy (non-hydrogen) atoms. The van der Waals surface area contributed by atoms with Gasteiger partial charge in [0.1, 0.15) is 5.75 Å². The number of nitrogens with two attached hydrogens (primary N) is 1. The highest BCUT2D eigenvalue weighted by molar-refractivity contribution is 5.98. The molecule has 0 saturated carbocycles. The van der Waals surface area contributed by atoms with Crippen molar-refractivity contribution >= 4 is 5.78 Å². The largest absolute Gasteiger partial charge is 0.493 e. The summed E-state index contributed by atoms with van der Waals surface area (Å²) in [5, 5.41) is 0. The van der Waals surface area contributed by atoms with Crippen LogP contribution in [0.25, 0.3) is 0 Å². The predicted octanol–water partition coefficient (Wildman–Crippen LogP) is 2.64. The van der Waals surface area contributed by atoms with E-state index in [1.165, 1.54) is 0 Å². The van der Waals surface area contributed by atoms with E-state index in [1.807, 2.05) is 38.1 Å². The van der Waals surface area contributed by atoms with Gasteiger partial charge in [-0.2, -0.15) is 0 Å². The van der Waals surface area contributed by atoms with Gasteiger partial charge in [0.05, 0.1) is 12.2 Å². The van der Waals surface area contributed by atoms with Crippen molar-refractivity contribution < 1.29 is 9.53 Å². The maximum Gasteiger partial charge on any atom is 0.166 e. The molecule has 3 heteroatoms. The summed E-state index contributed by atoms with van der Waals surface area (Å²) < 4.78 is 5.57. The minimum Gasteiger partial charge on any atom is -0.493 e. The summed E-state index contributed by atoms with van der Waals surface area (Å²) in [6.45, 7) is 5.19. The maximum atomic E-state index is 12.1. The van der Waals surface area contributed by atoms with Crippen LogP contribution >= 0.6 is 0 Å². The predicted molar refractivity (Wildman–Crippen MR) is 69.4 cm³/mol. The van der Waals surface area contributed by atoms with Crippen molar-refractivity contribution in [3.8, 4) is 5.75 Å².